The Morgan fingerprint density at radius 3 is 2.67 bits per heavy atom. The van der Waals surface area contributed by atoms with Crippen LogP contribution in [-0.4, -0.2) is 12.8 Å². The summed E-state index contributed by atoms with van der Waals surface area (Å²) in [5.74, 6) is 0.875. The highest BCUT2D eigenvalue weighted by Gasteiger charge is 2.43. The van der Waals surface area contributed by atoms with Gasteiger partial charge in [0, 0.05) is 18.3 Å². The highest BCUT2D eigenvalue weighted by molar-refractivity contribution is 5.55. The maximum atomic E-state index is 12.8. The molecule has 1 saturated carbocycles. The summed E-state index contributed by atoms with van der Waals surface area (Å²) in [4.78, 5) is 0. The summed E-state index contributed by atoms with van der Waals surface area (Å²) in [5.41, 5.74) is 0.793. The first-order chi connectivity index (χ1) is 8.62. The summed E-state index contributed by atoms with van der Waals surface area (Å²) in [6.07, 6.45) is 1.54. The summed E-state index contributed by atoms with van der Waals surface area (Å²) in [6, 6.07) is 4.80. The SMILES string of the molecule is FC1(F)Oc2ccc(NCC3CCCC3)cc2O1. The van der Waals surface area contributed by atoms with Gasteiger partial charge >= 0.3 is 6.29 Å². The van der Waals surface area contributed by atoms with Gasteiger partial charge in [-0.05, 0) is 30.9 Å². The van der Waals surface area contributed by atoms with Crippen molar-refractivity contribution >= 4 is 5.69 Å². The summed E-state index contributed by atoms with van der Waals surface area (Å²) in [5, 5.41) is 3.26. The largest absolute Gasteiger partial charge is 0.586 e. The number of nitrogens with one attached hydrogen (secondary N) is 1. The van der Waals surface area contributed by atoms with Crippen LogP contribution in [0.1, 0.15) is 25.7 Å². The van der Waals surface area contributed by atoms with Crippen LogP contribution >= 0.6 is 0 Å². The van der Waals surface area contributed by atoms with Gasteiger partial charge in [-0.2, -0.15) is 0 Å². The van der Waals surface area contributed by atoms with E-state index in [4.69, 9.17) is 0 Å². The Morgan fingerprint density at radius 1 is 1.17 bits per heavy atom. The van der Waals surface area contributed by atoms with Gasteiger partial charge in [-0.1, -0.05) is 12.8 Å². The van der Waals surface area contributed by atoms with Gasteiger partial charge in [0.05, 0.1) is 0 Å². The summed E-state index contributed by atoms with van der Waals surface area (Å²) in [7, 11) is 0. The third-order valence-corrected chi connectivity index (χ3v) is 3.47. The molecule has 1 aliphatic carbocycles. The van der Waals surface area contributed by atoms with Crippen LogP contribution in [0.25, 0.3) is 0 Å². The van der Waals surface area contributed by atoms with Gasteiger partial charge in [0.25, 0.3) is 0 Å². The lowest BCUT2D eigenvalue weighted by Crippen LogP contribution is -2.25. The predicted octanol–water partition coefficient (Wildman–Crippen LogP) is 3.61. The molecule has 1 aromatic rings. The van der Waals surface area contributed by atoms with Crippen molar-refractivity contribution in [1.29, 1.82) is 0 Å². The molecule has 0 bridgehead atoms. The van der Waals surface area contributed by atoms with Gasteiger partial charge in [0.15, 0.2) is 11.5 Å². The normalized spacial score (nSPS) is 21.2. The molecule has 0 aromatic heterocycles. The Kier molecular flexibility index (Phi) is 2.76. The number of halogens is 2. The standard InChI is InChI=1S/C13H15F2NO2/c14-13(15)17-11-6-5-10(7-12(11)18-13)16-8-9-3-1-2-4-9/h5-7,9,16H,1-4,8H2. The zero-order chi connectivity index (χ0) is 12.6. The number of benzene rings is 1. The van der Waals surface area contributed by atoms with Crippen LogP contribution < -0.4 is 14.8 Å². The first kappa shape index (κ1) is 11.6. The lowest BCUT2D eigenvalue weighted by atomic mass is 10.1. The molecule has 0 saturated heterocycles. The number of fused-ring (bicyclic) bond motifs is 1. The van der Waals surface area contributed by atoms with E-state index in [0.29, 0.717) is 5.92 Å². The van der Waals surface area contributed by atoms with Crippen LogP contribution in [0.4, 0.5) is 14.5 Å². The van der Waals surface area contributed by atoms with E-state index >= 15 is 0 Å². The van der Waals surface area contributed by atoms with Gasteiger partial charge in [0.1, 0.15) is 0 Å². The average molecular weight is 255 g/mol. The molecular weight excluding hydrogens is 240 g/mol. The molecule has 1 N–H and O–H groups in total. The third kappa shape index (κ3) is 2.35. The number of anilines is 1. The molecule has 1 heterocycles. The van der Waals surface area contributed by atoms with E-state index in [1.807, 2.05) is 0 Å². The minimum Gasteiger partial charge on any atom is -0.395 e. The van der Waals surface area contributed by atoms with Crippen LogP contribution in [0.3, 0.4) is 0 Å². The fraction of sp³-hybridized carbons (Fsp3) is 0.538. The Labute approximate surface area is 104 Å². The quantitative estimate of drug-likeness (QED) is 0.895. The van der Waals surface area contributed by atoms with Crippen LogP contribution in [0.5, 0.6) is 11.5 Å². The van der Waals surface area contributed by atoms with Crippen LogP contribution in [-0.2, 0) is 0 Å². The van der Waals surface area contributed by atoms with Crippen molar-refractivity contribution in [3.63, 3.8) is 0 Å². The zero-order valence-electron chi connectivity index (χ0n) is 9.92. The number of ether oxygens (including phenoxy) is 2. The minimum absolute atomic E-state index is 0.0893. The monoisotopic (exact) mass is 255 g/mol. The fourth-order valence-corrected chi connectivity index (χ4v) is 2.54. The second-order valence-corrected chi connectivity index (χ2v) is 4.86. The Morgan fingerprint density at radius 2 is 1.89 bits per heavy atom. The molecule has 0 atom stereocenters. The topological polar surface area (TPSA) is 30.5 Å². The van der Waals surface area contributed by atoms with E-state index in [1.165, 1.54) is 31.7 Å². The van der Waals surface area contributed by atoms with Crippen molar-refractivity contribution in [1.82, 2.24) is 0 Å². The Balaban J connectivity index is 1.64. The molecule has 0 spiro atoms. The van der Waals surface area contributed by atoms with Crippen molar-refractivity contribution in [3.8, 4) is 11.5 Å². The minimum atomic E-state index is -3.54. The van der Waals surface area contributed by atoms with Gasteiger partial charge in [-0.15, -0.1) is 8.78 Å². The maximum Gasteiger partial charge on any atom is 0.586 e. The second-order valence-electron chi connectivity index (χ2n) is 4.86. The maximum absolute atomic E-state index is 12.8. The Bertz CT molecular complexity index is 445. The predicted molar refractivity (Wildman–Crippen MR) is 63.1 cm³/mol. The van der Waals surface area contributed by atoms with E-state index in [9.17, 15) is 8.78 Å². The molecular formula is C13H15F2NO2. The molecule has 2 aliphatic rings. The summed E-state index contributed by atoms with van der Waals surface area (Å²) < 4.78 is 34.4. The number of alkyl halides is 2. The highest BCUT2D eigenvalue weighted by atomic mass is 19.3. The van der Waals surface area contributed by atoms with Gasteiger partial charge < -0.3 is 14.8 Å². The van der Waals surface area contributed by atoms with Crippen molar-refractivity contribution in [2.75, 3.05) is 11.9 Å². The molecule has 0 radical (unpaired) electrons. The van der Waals surface area contributed by atoms with Crippen LogP contribution in [0, 0.1) is 5.92 Å². The van der Waals surface area contributed by atoms with Gasteiger partial charge in [0.2, 0.25) is 0 Å². The average Bonchev–Trinajstić information content (AvgIpc) is 2.90. The zero-order valence-corrected chi connectivity index (χ0v) is 9.92. The molecule has 1 aromatic carbocycles. The summed E-state index contributed by atoms with van der Waals surface area (Å²) >= 11 is 0. The first-order valence-corrected chi connectivity index (χ1v) is 6.26. The van der Waals surface area contributed by atoms with E-state index in [2.05, 4.69) is 14.8 Å². The van der Waals surface area contributed by atoms with E-state index < -0.39 is 6.29 Å². The van der Waals surface area contributed by atoms with E-state index in [1.54, 1.807) is 12.1 Å². The lowest BCUT2D eigenvalue weighted by molar-refractivity contribution is -0.286. The highest BCUT2D eigenvalue weighted by Crippen LogP contribution is 2.42. The molecule has 1 fully saturated rings. The van der Waals surface area contributed by atoms with Crippen molar-refractivity contribution < 1.29 is 18.3 Å². The summed E-state index contributed by atoms with van der Waals surface area (Å²) in [6.45, 7) is 0.885. The second kappa shape index (κ2) is 4.30. The van der Waals surface area contributed by atoms with Crippen molar-refractivity contribution in [2.45, 2.75) is 32.0 Å². The molecule has 3 nitrogen and oxygen atoms in total. The van der Waals surface area contributed by atoms with Gasteiger partial charge in [-0.3, -0.25) is 0 Å². The molecule has 0 unspecified atom stereocenters. The molecule has 18 heavy (non-hydrogen) atoms. The van der Waals surface area contributed by atoms with Crippen molar-refractivity contribution in [3.05, 3.63) is 18.2 Å². The molecule has 1 aliphatic heterocycles. The number of hydrogen-bond donors (Lipinski definition) is 1. The smallest absolute Gasteiger partial charge is 0.395 e. The van der Waals surface area contributed by atoms with Gasteiger partial charge in [-0.25, -0.2) is 0 Å². The molecule has 0 amide bonds. The number of hydrogen-bond acceptors (Lipinski definition) is 3. The third-order valence-electron chi connectivity index (χ3n) is 3.47. The van der Waals surface area contributed by atoms with Crippen LogP contribution in [0.15, 0.2) is 18.2 Å². The first-order valence-electron chi connectivity index (χ1n) is 6.26. The Hall–Kier alpha value is -1.52. The fourth-order valence-electron chi connectivity index (χ4n) is 2.54. The van der Waals surface area contributed by atoms with Crippen LogP contribution in [0.2, 0.25) is 0 Å². The van der Waals surface area contributed by atoms with E-state index in [-0.39, 0.29) is 11.5 Å². The van der Waals surface area contributed by atoms with E-state index in [0.717, 1.165) is 12.2 Å². The number of rotatable bonds is 3. The molecule has 3 rings (SSSR count). The lowest BCUT2D eigenvalue weighted by Gasteiger charge is -2.11. The molecule has 5 heteroatoms. The molecule has 98 valence electrons. The van der Waals surface area contributed by atoms with Crippen molar-refractivity contribution in [2.24, 2.45) is 5.92 Å².